The Kier molecular flexibility index (Phi) is 6.34. The van der Waals surface area contributed by atoms with Gasteiger partial charge in [-0.05, 0) is 40.8 Å². The van der Waals surface area contributed by atoms with Gasteiger partial charge in [0.15, 0.2) is 0 Å². The van der Waals surface area contributed by atoms with Gasteiger partial charge in [0.05, 0.1) is 6.54 Å². The van der Waals surface area contributed by atoms with Crippen LogP contribution in [0.15, 0.2) is 48.5 Å². The molecule has 0 spiro atoms. The van der Waals surface area contributed by atoms with Gasteiger partial charge in [0.2, 0.25) is 11.8 Å². The molecule has 0 saturated carbocycles. The molecule has 3 amide bonds. The number of primary amides is 1. The topological polar surface area (TPSA) is 101 Å². The SMILES string of the molecule is CC(C)(C)c1ccc(C(=O)NCC(=O)NCc2cccc(C(N)=O)c2)cc1. The molecule has 27 heavy (non-hydrogen) atoms. The Morgan fingerprint density at radius 1 is 0.926 bits per heavy atom. The zero-order valence-electron chi connectivity index (χ0n) is 15.8. The third-order valence-corrected chi connectivity index (χ3v) is 4.12. The van der Waals surface area contributed by atoms with Gasteiger partial charge in [-0.1, -0.05) is 45.0 Å². The Balaban J connectivity index is 1.83. The number of nitrogens with two attached hydrogens (primary N) is 1. The van der Waals surface area contributed by atoms with Crippen LogP contribution in [-0.4, -0.2) is 24.3 Å². The molecule has 0 fully saturated rings. The van der Waals surface area contributed by atoms with Crippen LogP contribution in [-0.2, 0) is 16.8 Å². The number of carbonyl (C=O) groups excluding carboxylic acids is 3. The summed E-state index contributed by atoms with van der Waals surface area (Å²) in [6.45, 7) is 6.42. The second kappa shape index (κ2) is 8.49. The van der Waals surface area contributed by atoms with E-state index in [4.69, 9.17) is 5.73 Å². The van der Waals surface area contributed by atoms with Crippen molar-refractivity contribution in [2.45, 2.75) is 32.7 Å². The molecule has 0 radical (unpaired) electrons. The summed E-state index contributed by atoms with van der Waals surface area (Å²) in [7, 11) is 0. The van der Waals surface area contributed by atoms with Crippen LogP contribution in [0, 0.1) is 0 Å². The maximum absolute atomic E-state index is 12.2. The molecule has 2 rings (SSSR count). The number of carbonyl (C=O) groups is 3. The molecule has 0 aliphatic rings. The molecule has 0 bridgehead atoms. The van der Waals surface area contributed by atoms with Gasteiger partial charge in [0.25, 0.3) is 5.91 Å². The normalized spacial score (nSPS) is 10.9. The number of amides is 3. The monoisotopic (exact) mass is 367 g/mol. The minimum absolute atomic E-state index is 0.0146. The minimum Gasteiger partial charge on any atom is -0.366 e. The Bertz CT molecular complexity index is 836. The van der Waals surface area contributed by atoms with Gasteiger partial charge in [-0.25, -0.2) is 0 Å². The molecule has 0 saturated heterocycles. The van der Waals surface area contributed by atoms with Crippen molar-refractivity contribution in [2.75, 3.05) is 6.54 Å². The number of hydrogen-bond acceptors (Lipinski definition) is 3. The van der Waals surface area contributed by atoms with Gasteiger partial charge in [-0.15, -0.1) is 0 Å². The molecule has 2 aromatic rings. The van der Waals surface area contributed by atoms with Crippen molar-refractivity contribution in [2.24, 2.45) is 5.73 Å². The third-order valence-electron chi connectivity index (χ3n) is 4.12. The summed E-state index contributed by atoms with van der Waals surface area (Å²) in [6, 6.07) is 14.1. The van der Waals surface area contributed by atoms with Crippen molar-refractivity contribution < 1.29 is 14.4 Å². The first-order chi connectivity index (χ1) is 12.7. The predicted octanol–water partition coefficient (Wildman–Crippen LogP) is 2.13. The highest BCUT2D eigenvalue weighted by Crippen LogP contribution is 2.22. The highest BCUT2D eigenvalue weighted by Gasteiger charge is 2.14. The van der Waals surface area contributed by atoms with Crippen LogP contribution in [0.3, 0.4) is 0 Å². The summed E-state index contributed by atoms with van der Waals surface area (Å²) in [4.78, 5) is 35.3. The van der Waals surface area contributed by atoms with E-state index in [0.717, 1.165) is 11.1 Å². The van der Waals surface area contributed by atoms with Gasteiger partial charge in [-0.2, -0.15) is 0 Å². The van der Waals surface area contributed by atoms with E-state index in [1.165, 1.54) is 0 Å². The van der Waals surface area contributed by atoms with Crippen molar-refractivity contribution in [1.29, 1.82) is 0 Å². The summed E-state index contributed by atoms with van der Waals surface area (Å²) in [5.74, 6) is -1.15. The molecule has 4 N–H and O–H groups in total. The number of benzene rings is 2. The van der Waals surface area contributed by atoms with Crippen molar-refractivity contribution >= 4 is 17.7 Å². The fourth-order valence-corrected chi connectivity index (χ4v) is 2.48. The zero-order valence-corrected chi connectivity index (χ0v) is 15.8. The van der Waals surface area contributed by atoms with E-state index in [1.807, 2.05) is 12.1 Å². The van der Waals surface area contributed by atoms with E-state index < -0.39 is 5.91 Å². The van der Waals surface area contributed by atoms with Crippen molar-refractivity contribution in [1.82, 2.24) is 10.6 Å². The Morgan fingerprint density at radius 3 is 2.19 bits per heavy atom. The van der Waals surface area contributed by atoms with Crippen molar-refractivity contribution in [3.05, 3.63) is 70.8 Å². The van der Waals surface area contributed by atoms with E-state index >= 15 is 0 Å². The van der Waals surface area contributed by atoms with Crippen LogP contribution >= 0.6 is 0 Å². The summed E-state index contributed by atoms with van der Waals surface area (Å²) < 4.78 is 0. The lowest BCUT2D eigenvalue weighted by Crippen LogP contribution is -2.36. The maximum atomic E-state index is 12.2. The lowest BCUT2D eigenvalue weighted by atomic mass is 9.87. The third kappa shape index (κ3) is 5.95. The molecule has 0 aromatic heterocycles. The highest BCUT2D eigenvalue weighted by molar-refractivity contribution is 5.96. The first kappa shape index (κ1) is 20.2. The zero-order chi connectivity index (χ0) is 20.0. The molecular weight excluding hydrogens is 342 g/mol. The van der Waals surface area contributed by atoms with Crippen LogP contribution < -0.4 is 16.4 Å². The molecule has 0 heterocycles. The van der Waals surface area contributed by atoms with Gasteiger partial charge < -0.3 is 16.4 Å². The van der Waals surface area contributed by atoms with Crippen molar-refractivity contribution in [3.8, 4) is 0 Å². The number of nitrogens with one attached hydrogen (secondary N) is 2. The molecule has 2 aromatic carbocycles. The molecule has 6 heteroatoms. The largest absolute Gasteiger partial charge is 0.366 e. The summed E-state index contributed by atoms with van der Waals surface area (Å²) >= 11 is 0. The van der Waals surface area contributed by atoms with Gasteiger partial charge in [0, 0.05) is 17.7 Å². The van der Waals surface area contributed by atoms with Crippen LogP contribution in [0.5, 0.6) is 0 Å². The first-order valence-corrected chi connectivity index (χ1v) is 8.71. The summed E-state index contributed by atoms with van der Waals surface area (Å²) in [5.41, 5.74) is 8.02. The Labute approximate surface area is 159 Å². The quantitative estimate of drug-likeness (QED) is 0.729. The fourth-order valence-electron chi connectivity index (χ4n) is 2.48. The van der Waals surface area contributed by atoms with E-state index in [-0.39, 0.29) is 30.3 Å². The van der Waals surface area contributed by atoms with E-state index in [1.54, 1.807) is 36.4 Å². The molecule has 6 nitrogen and oxygen atoms in total. The smallest absolute Gasteiger partial charge is 0.251 e. The first-order valence-electron chi connectivity index (χ1n) is 8.71. The van der Waals surface area contributed by atoms with Gasteiger partial charge >= 0.3 is 0 Å². The van der Waals surface area contributed by atoms with Gasteiger partial charge in [-0.3, -0.25) is 14.4 Å². The number of rotatable bonds is 6. The number of hydrogen-bond donors (Lipinski definition) is 3. The molecular formula is C21H25N3O3. The molecule has 0 aliphatic carbocycles. The van der Waals surface area contributed by atoms with Crippen LogP contribution in [0.4, 0.5) is 0 Å². The van der Waals surface area contributed by atoms with Crippen molar-refractivity contribution in [3.63, 3.8) is 0 Å². The lowest BCUT2D eigenvalue weighted by molar-refractivity contribution is -0.120. The van der Waals surface area contributed by atoms with E-state index in [9.17, 15) is 14.4 Å². The molecule has 0 unspecified atom stereocenters. The molecule has 0 aliphatic heterocycles. The Morgan fingerprint density at radius 2 is 1.59 bits per heavy atom. The standard InChI is InChI=1S/C21H25N3O3/c1-21(2,3)17-9-7-15(8-10-17)20(27)24-13-18(25)23-12-14-5-4-6-16(11-14)19(22)26/h4-11H,12-13H2,1-3H3,(H2,22,26)(H,23,25)(H,24,27). The molecule has 142 valence electrons. The summed E-state index contributed by atoms with van der Waals surface area (Å²) in [6.07, 6.45) is 0. The average molecular weight is 367 g/mol. The lowest BCUT2D eigenvalue weighted by Gasteiger charge is -2.19. The highest BCUT2D eigenvalue weighted by atomic mass is 16.2. The van der Waals surface area contributed by atoms with E-state index in [0.29, 0.717) is 11.1 Å². The van der Waals surface area contributed by atoms with Crippen LogP contribution in [0.25, 0.3) is 0 Å². The second-order valence-electron chi connectivity index (χ2n) is 7.35. The average Bonchev–Trinajstić information content (AvgIpc) is 2.64. The fraction of sp³-hybridized carbons (Fsp3) is 0.286. The van der Waals surface area contributed by atoms with Crippen LogP contribution in [0.1, 0.15) is 52.6 Å². The Hall–Kier alpha value is -3.15. The summed E-state index contributed by atoms with van der Waals surface area (Å²) in [5, 5.41) is 5.29. The second-order valence-corrected chi connectivity index (χ2v) is 7.35. The molecule has 0 atom stereocenters. The minimum atomic E-state index is -0.520. The predicted molar refractivity (Wildman–Crippen MR) is 104 cm³/mol. The van der Waals surface area contributed by atoms with Crippen LogP contribution in [0.2, 0.25) is 0 Å². The van der Waals surface area contributed by atoms with Gasteiger partial charge in [0.1, 0.15) is 0 Å². The van der Waals surface area contributed by atoms with E-state index in [2.05, 4.69) is 31.4 Å². The maximum Gasteiger partial charge on any atom is 0.251 e.